The fraction of sp³-hybridized carbons (Fsp3) is 0.238. The molecule has 0 aliphatic carbocycles. The van der Waals surface area contributed by atoms with Crippen molar-refractivity contribution in [1.82, 2.24) is 15.0 Å². The summed E-state index contributed by atoms with van der Waals surface area (Å²) < 4.78 is 44.0. The number of aromatic nitrogens is 3. The first-order valence-corrected chi connectivity index (χ1v) is 9.36. The van der Waals surface area contributed by atoms with Gasteiger partial charge in [-0.2, -0.15) is 13.2 Å². The van der Waals surface area contributed by atoms with Crippen molar-refractivity contribution in [3.63, 3.8) is 0 Å². The Morgan fingerprint density at radius 1 is 1.06 bits per heavy atom. The smallest absolute Gasteiger partial charge is 0.416 e. The largest absolute Gasteiger partial charge is 0.492 e. The number of hydrogen-bond donors (Lipinski definition) is 2. The van der Waals surface area contributed by atoms with Gasteiger partial charge in [0.15, 0.2) is 5.82 Å². The van der Waals surface area contributed by atoms with Crippen molar-refractivity contribution in [2.75, 3.05) is 17.2 Å². The Kier molecular flexibility index (Phi) is 6.38. The molecule has 0 saturated heterocycles. The third-order valence-corrected chi connectivity index (χ3v) is 4.27. The van der Waals surface area contributed by atoms with E-state index in [1.165, 1.54) is 18.3 Å². The summed E-state index contributed by atoms with van der Waals surface area (Å²) in [5.74, 6) is 1.03. The molecule has 3 rings (SSSR count). The molecule has 0 aliphatic rings. The van der Waals surface area contributed by atoms with Crippen LogP contribution in [0.3, 0.4) is 0 Å². The lowest BCUT2D eigenvalue weighted by atomic mass is 10.2. The van der Waals surface area contributed by atoms with Crippen molar-refractivity contribution in [2.45, 2.75) is 26.9 Å². The highest BCUT2D eigenvalue weighted by atomic mass is 19.4. The first kappa shape index (κ1) is 22.0. The molecule has 2 N–H and O–H groups in total. The topological polar surface area (TPSA) is 89.0 Å². The van der Waals surface area contributed by atoms with Crippen LogP contribution in [0.1, 0.15) is 23.9 Å². The molecule has 3 aromatic rings. The Morgan fingerprint density at radius 3 is 2.52 bits per heavy atom. The molecule has 0 unspecified atom stereocenters. The van der Waals surface area contributed by atoms with Gasteiger partial charge in [-0.1, -0.05) is 6.07 Å². The summed E-state index contributed by atoms with van der Waals surface area (Å²) in [6, 6.07) is 5.43. The van der Waals surface area contributed by atoms with Crippen LogP contribution in [-0.2, 0) is 6.18 Å². The van der Waals surface area contributed by atoms with E-state index < -0.39 is 17.8 Å². The molecule has 162 valence electrons. The molecule has 1 aromatic carbocycles. The summed E-state index contributed by atoms with van der Waals surface area (Å²) in [6.45, 7) is 5.88. The number of nitrogens with zero attached hydrogens (tertiary/aromatic N) is 3. The molecule has 0 atom stereocenters. The van der Waals surface area contributed by atoms with Crippen molar-refractivity contribution in [1.29, 1.82) is 0 Å². The van der Waals surface area contributed by atoms with Gasteiger partial charge in [-0.25, -0.2) is 14.8 Å². The number of carbonyl (C=O) groups excluding carboxylic acids is 1. The minimum atomic E-state index is -4.50. The fourth-order valence-corrected chi connectivity index (χ4v) is 2.72. The summed E-state index contributed by atoms with van der Waals surface area (Å²) in [5.41, 5.74) is 1.34. The summed E-state index contributed by atoms with van der Waals surface area (Å²) in [7, 11) is 0. The van der Waals surface area contributed by atoms with Gasteiger partial charge in [-0.15, -0.1) is 0 Å². The highest BCUT2D eigenvalue weighted by molar-refractivity contribution is 6.00. The minimum Gasteiger partial charge on any atom is -0.492 e. The van der Waals surface area contributed by atoms with E-state index in [0.717, 1.165) is 17.8 Å². The second-order valence-corrected chi connectivity index (χ2v) is 6.59. The average Bonchev–Trinajstić information content (AvgIpc) is 2.71. The summed E-state index contributed by atoms with van der Waals surface area (Å²) in [6.07, 6.45) is -1.45. The van der Waals surface area contributed by atoms with Crippen LogP contribution in [0, 0.1) is 13.8 Å². The lowest BCUT2D eigenvalue weighted by Crippen LogP contribution is -2.21. The number of ether oxygens (including phenoxy) is 1. The van der Waals surface area contributed by atoms with E-state index in [1.807, 2.05) is 13.8 Å². The molecule has 31 heavy (non-hydrogen) atoms. The Morgan fingerprint density at radius 2 is 1.84 bits per heavy atom. The van der Waals surface area contributed by atoms with Crippen molar-refractivity contribution in [2.24, 2.45) is 0 Å². The second-order valence-electron chi connectivity index (χ2n) is 6.59. The monoisotopic (exact) mass is 431 g/mol. The molecule has 0 spiro atoms. The molecule has 0 fully saturated rings. The molecule has 0 radical (unpaired) electrons. The number of pyridine rings is 1. The number of alkyl halides is 3. The highest BCUT2D eigenvalue weighted by Gasteiger charge is 2.30. The van der Waals surface area contributed by atoms with Gasteiger partial charge in [-0.3, -0.25) is 4.98 Å². The standard InChI is InChI=1S/C21H20F3N5O2/c1-4-31-18-8-14(10-25-13(18)3)19-26-11-17(12(2)27-19)29-20(30)28-16-7-5-6-15(9-16)21(22,23)24/h5-11H,4H2,1-3H3,(H2,28,29,30). The quantitative estimate of drug-likeness (QED) is 0.578. The first-order chi connectivity index (χ1) is 14.7. The number of carbonyl (C=O) groups is 1. The molecular formula is C21H20F3N5O2. The maximum absolute atomic E-state index is 12.8. The number of hydrogen-bond acceptors (Lipinski definition) is 5. The number of aryl methyl sites for hydroxylation is 2. The molecule has 2 aromatic heterocycles. The molecule has 2 heterocycles. The summed E-state index contributed by atoms with van der Waals surface area (Å²) in [4.78, 5) is 25.1. The van der Waals surface area contributed by atoms with Crippen LogP contribution < -0.4 is 15.4 Å². The van der Waals surface area contributed by atoms with Gasteiger partial charge in [0.05, 0.1) is 35.4 Å². The number of anilines is 2. The van der Waals surface area contributed by atoms with Gasteiger partial charge >= 0.3 is 12.2 Å². The lowest BCUT2D eigenvalue weighted by Gasteiger charge is -2.12. The lowest BCUT2D eigenvalue weighted by molar-refractivity contribution is -0.137. The van der Waals surface area contributed by atoms with Gasteiger partial charge in [-0.05, 0) is 45.0 Å². The van der Waals surface area contributed by atoms with Gasteiger partial charge in [0.1, 0.15) is 5.75 Å². The molecular weight excluding hydrogens is 411 g/mol. The normalized spacial score (nSPS) is 11.2. The van der Waals surface area contributed by atoms with E-state index in [9.17, 15) is 18.0 Å². The molecule has 7 nitrogen and oxygen atoms in total. The Hall–Kier alpha value is -3.69. The van der Waals surface area contributed by atoms with Gasteiger partial charge in [0, 0.05) is 17.4 Å². The van der Waals surface area contributed by atoms with Crippen molar-refractivity contribution in [3.05, 3.63) is 59.7 Å². The van der Waals surface area contributed by atoms with Crippen LogP contribution in [-0.4, -0.2) is 27.6 Å². The Labute approximate surface area is 176 Å². The zero-order valence-corrected chi connectivity index (χ0v) is 17.0. The Balaban J connectivity index is 1.74. The van der Waals surface area contributed by atoms with E-state index >= 15 is 0 Å². The van der Waals surface area contributed by atoms with Gasteiger partial charge in [0.2, 0.25) is 0 Å². The number of halogens is 3. The zero-order chi connectivity index (χ0) is 22.6. The van der Waals surface area contributed by atoms with Crippen LogP contribution in [0.5, 0.6) is 5.75 Å². The summed E-state index contributed by atoms with van der Waals surface area (Å²) in [5, 5.41) is 4.91. The van der Waals surface area contributed by atoms with Crippen molar-refractivity contribution < 1.29 is 22.7 Å². The Bertz CT molecular complexity index is 1100. The minimum absolute atomic E-state index is 0.0108. The van der Waals surface area contributed by atoms with E-state index in [1.54, 1.807) is 19.2 Å². The molecule has 2 amide bonds. The summed E-state index contributed by atoms with van der Waals surface area (Å²) >= 11 is 0. The van der Waals surface area contributed by atoms with Crippen LogP contribution >= 0.6 is 0 Å². The third kappa shape index (κ3) is 5.47. The van der Waals surface area contributed by atoms with E-state index in [2.05, 4.69) is 25.6 Å². The number of benzene rings is 1. The number of urea groups is 1. The number of amides is 2. The molecule has 0 aliphatic heterocycles. The second kappa shape index (κ2) is 8.99. The van der Waals surface area contributed by atoms with Crippen LogP contribution in [0.2, 0.25) is 0 Å². The number of nitrogens with one attached hydrogen (secondary N) is 2. The van der Waals surface area contributed by atoms with Crippen molar-refractivity contribution >= 4 is 17.4 Å². The van der Waals surface area contributed by atoms with Crippen LogP contribution in [0.4, 0.5) is 29.3 Å². The van der Waals surface area contributed by atoms with E-state index in [0.29, 0.717) is 35.1 Å². The predicted molar refractivity (Wildman–Crippen MR) is 110 cm³/mol. The van der Waals surface area contributed by atoms with Gasteiger partial charge in [0.25, 0.3) is 0 Å². The predicted octanol–water partition coefficient (Wildman–Crippen LogP) is 5.22. The SMILES string of the molecule is CCOc1cc(-c2ncc(NC(=O)Nc3cccc(C(F)(F)F)c3)c(C)n2)cnc1C. The fourth-order valence-electron chi connectivity index (χ4n) is 2.72. The molecule has 10 heteroatoms. The zero-order valence-electron chi connectivity index (χ0n) is 17.0. The maximum atomic E-state index is 12.8. The molecule has 0 bridgehead atoms. The number of rotatable bonds is 5. The molecule has 0 saturated carbocycles. The van der Waals surface area contributed by atoms with E-state index in [-0.39, 0.29) is 5.69 Å². The maximum Gasteiger partial charge on any atom is 0.416 e. The third-order valence-electron chi connectivity index (χ3n) is 4.27. The van der Waals surface area contributed by atoms with Crippen LogP contribution in [0.15, 0.2) is 42.7 Å². The van der Waals surface area contributed by atoms with Crippen molar-refractivity contribution in [3.8, 4) is 17.1 Å². The van der Waals surface area contributed by atoms with E-state index in [4.69, 9.17) is 4.74 Å². The highest BCUT2D eigenvalue weighted by Crippen LogP contribution is 2.30. The first-order valence-electron chi connectivity index (χ1n) is 9.36. The van der Waals surface area contributed by atoms with Gasteiger partial charge < -0.3 is 15.4 Å². The van der Waals surface area contributed by atoms with Crippen LogP contribution in [0.25, 0.3) is 11.4 Å². The average molecular weight is 431 g/mol.